The van der Waals surface area contributed by atoms with Crippen molar-refractivity contribution < 1.29 is 9.59 Å². The van der Waals surface area contributed by atoms with E-state index in [1.54, 1.807) is 4.90 Å². The van der Waals surface area contributed by atoms with E-state index in [1.807, 2.05) is 25.1 Å². The molecule has 0 bridgehead atoms. The molecular formula is C14H18BrN3O2. The lowest BCUT2D eigenvalue weighted by Gasteiger charge is -2.31. The number of piperidine rings is 1. The molecule has 1 aromatic rings. The average Bonchev–Trinajstić information content (AvgIpc) is 2.48. The molecule has 1 atom stereocenters. The molecule has 108 valence electrons. The van der Waals surface area contributed by atoms with Gasteiger partial charge in [0.1, 0.15) is 0 Å². The number of carbonyl (C=O) groups is 2. The molecule has 1 aliphatic rings. The topological polar surface area (TPSA) is 75.4 Å². The first-order chi connectivity index (χ1) is 9.52. The number of nitrogens with zero attached hydrogens (tertiary/aromatic N) is 1. The number of likely N-dealkylation sites (tertiary alicyclic amines) is 1. The summed E-state index contributed by atoms with van der Waals surface area (Å²) in [6.45, 7) is 3.08. The number of carbonyl (C=O) groups excluding carboxylic acids is 2. The third-order valence-electron chi connectivity index (χ3n) is 3.64. The molecule has 5 nitrogen and oxygen atoms in total. The summed E-state index contributed by atoms with van der Waals surface area (Å²) in [6.07, 6.45) is 1.58. The van der Waals surface area contributed by atoms with E-state index in [0.29, 0.717) is 18.7 Å². The fraction of sp³-hybridized carbons (Fsp3) is 0.429. The smallest absolute Gasteiger partial charge is 0.253 e. The van der Waals surface area contributed by atoms with E-state index < -0.39 is 0 Å². The normalized spacial score (nSPS) is 18.8. The van der Waals surface area contributed by atoms with Crippen molar-refractivity contribution in [3.8, 4) is 0 Å². The highest BCUT2D eigenvalue weighted by Gasteiger charge is 2.28. The molecule has 0 saturated carbocycles. The number of nitrogens with two attached hydrogens (primary N) is 1. The van der Waals surface area contributed by atoms with Gasteiger partial charge >= 0.3 is 0 Å². The summed E-state index contributed by atoms with van der Waals surface area (Å²) in [6, 6.07) is 5.55. The van der Waals surface area contributed by atoms with Crippen molar-refractivity contribution >= 4 is 27.7 Å². The van der Waals surface area contributed by atoms with Gasteiger partial charge in [-0.2, -0.15) is 0 Å². The molecule has 2 rings (SSSR count). The van der Waals surface area contributed by atoms with E-state index in [9.17, 15) is 9.59 Å². The Bertz CT molecular complexity index is 533. The van der Waals surface area contributed by atoms with Crippen LogP contribution in [0.5, 0.6) is 0 Å². The maximum atomic E-state index is 12.5. The SMILES string of the molecule is Cc1ccc(C(=O)N2CCCC(C(=O)NN)C2)cc1Br. The maximum absolute atomic E-state index is 12.5. The van der Waals surface area contributed by atoms with Crippen LogP contribution in [0.2, 0.25) is 0 Å². The van der Waals surface area contributed by atoms with Crippen LogP contribution in [0.15, 0.2) is 22.7 Å². The van der Waals surface area contributed by atoms with Crippen LogP contribution in [0.4, 0.5) is 0 Å². The molecule has 0 radical (unpaired) electrons. The van der Waals surface area contributed by atoms with Gasteiger partial charge in [-0.25, -0.2) is 5.84 Å². The van der Waals surface area contributed by atoms with Crippen molar-refractivity contribution in [2.75, 3.05) is 13.1 Å². The van der Waals surface area contributed by atoms with Crippen LogP contribution in [0, 0.1) is 12.8 Å². The van der Waals surface area contributed by atoms with Crippen LogP contribution >= 0.6 is 15.9 Å². The Balaban J connectivity index is 2.12. The fourth-order valence-corrected chi connectivity index (χ4v) is 2.78. The second kappa shape index (κ2) is 6.37. The minimum absolute atomic E-state index is 0.0415. The summed E-state index contributed by atoms with van der Waals surface area (Å²) in [7, 11) is 0. The van der Waals surface area contributed by atoms with Gasteiger partial charge in [0.25, 0.3) is 5.91 Å². The first kappa shape index (κ1) is 15.0. The molecule has 20 heavy (non-hydrogen) atoms. The Hall–Kier alpha value is -1.40. The number of hydrogen-bond acceptors (Lipinski definition) is 3. The first-order valence-electron chi connectivity index (χ1n) is 6.59. The number of halogens is 1. The first-order valence-corrected chi connectivity index (χ1v) is 7.38. The maximum Gasteiger partial charge on any atom is 0.253 e. The summed E-state index contributed by atoms with van der Waals surface area (Å²) >= 11 is 3.43. The predicted octanol–water partition coefficient (Wildman–Crippen LogP) is 1.60. The van der Waals surface area contributed by atoms with Gasteiger partial charge in [-0.1, -0.05) is 22.0 Å². The lowest BCUT2D eigenvalue weighted by molar-refractivity contribution is -0.126. The largest absolute Gasteiger partial charge is 0.338 e. The van der Waals surface area contributed by atoms with Crippen LogP contribution in [0.25, 0.3) is 0 Å². The highest BCUT2D eigenvalue weighted by molar-refractivity contribution is 9.10. The summed E-state index contributed by atoms with van der Waals surface area (Å²) < 4.78 is 0.914. The Morgan fingerprint density at radius 2 is 2.20 bits per heavy atom. The van der Waals surface area contributed by atoms with Gasteiger partial charge in [0.15, 0.2) is 0 Å². The van der Waals surface area contributed by atoms with E-state index in [1.165, 1.54) is 0 Å². The van der Waals surface area contributed by atoms with E-state index in [-0.39, 0.29) is 17.7 Å². The molecule has 1 heterocycles. The number of amides is 2. The fourth-order valence-electron chi connectivity index (χ4n) is 2.40. The van der Waals surface area contributed by atoms with E-state index in [0.717, 1.165) is 22.9 Å². The minimum Gasteiger partial charge on any atom is -0.338 e. The van der Waals surface area contributed by atoms with Crippen LogP contribution in [0.1, 0.15) is 28.8 Å². The zero-order valence-corrected chi connectivity index (χ0v) is 12.9. The number of rotatable bonds is 2. The molecule has 0 spiro atoms. The van der Waals surface area contributed by atoms with Crippen molar-refractivity contribution in [2.24, 2.45) is 11.8 Å². The average molecular weight is 340 g/mol. The lowest BCUT2D eigenvalue weighted by atomic mass is 9.96. The molecule has 1 unspecified atom stereocenters. The highest BCUT2D eigenvalue weighted by Crippen LogP contribution is 2.22. The van der Waals surface area contributed by atoms with E-state index in [2.05, 4.69) is 21.4 Å². The molecule has 0 aliphatic carbocycles. The minimum atomic E-state index is -0.216. The third kappa shape index (κ3) is 3.19. The molecule has 1 fully saturated rings. The molecular weight excluding hydrogens is 322 g/mol. The summed E-state index contributed by atoms with van der Waals surface area (Å²) in [4.78, 5) is 25.8. The molecule has 1 saturated heterocycles. The van der Waals surface area contributed by atoms with Crippen molar-refractivity contribution in [1.82, 2.24) is 10.3 Å². The Morgan fingerprint density at radius 3 is 2.85 bits per heavy atom. The van der Waals surface area contributed by atoms with E-state index >= 15 is 0 Å². The Labute approximate surface area is 126 Å². The van der Waals surface area contributed by atoms with Crippen LogP contribution in [-0.2, 0) is 4.79 Å². The second-order valence-electron chi connectivity index (χ2n) is 5.06. The predicted molar refractivity (Wildman–Crippen MR) is 79.8 cm³/mol. The molecule has 2 amide bonds. The molecule has 1 aliphatic heterocycles. The third-order valence-corrected chi connectivity index (χ3v) is 4.49. The summed E-state index contributed by atoms with van der Waals surface area (Å²) in [5.41, 5.74) is 3.89. The van der Waals surface area contributed by atoms with Gasteiger partial charge in [-0.3, -0.25) is 15.0 Å². The summed E-state index contributed by atoms with van der Waals surface area (Å²) in [5, 5.41) is 0. The highest BCUT2D eigenvalue weighted by atomic mass is 79.9. The molecule has 3 N–H and O–H groups in total. The van der Waals surface area contributed by atoms with Gasteiger partial charge in [0, 0.05) is 23.1 Å². The quantitative estimate of drug-likeness (QED) is 0.488. The van der Waals surface area contributed by atoms with Gasteiger partial charge in [-0.15, -0.1) is 0 Å². The number of hydrogen-bond donors (Lipinski definition) is 2. The van der Waals surface area contributed by atoms with Gasteiger partial charge in [0.2, 0.25) is 5.91 Å². The zero-order valence-electron chi connectivity index (χ0n) is 11.4. The van der Waals surface area contributed by atoms with Gasteiger partial charge in [-0.05, 0) is 37.5 Å². The number of aryl methyl sites for hydroxylation is 1. The number of hydrazine groups is 1. The molecule has 0 aromatic heterocycles. The standard InChI is InChI=1S/C14H18BrN3O2/c1-9-4-5-10(7-12(9)15)14(20)18-6-2-3-11(8-18)13(19)17-16/h4-5,7,11H,2-3,6,8,16H2,1H3,(H,17,19). The van der Waals surface area contributed by atoms with Gasteiger partial charge < -0.3 is 4.90 Å². The lowest BCUT2D eigenvalue weighted by Crippen LogP contribution is -2.47. The Morgan fingerprint density at radius 1 is 1.45 bits per heavy atom. The van der Waals surface area contributed by atoms with Crippen molar-refractivity contribution in [3.63, 3.8) is 0 Å². The van der Waals surface area contributed by atoms with Crippen molar-refractivity contribution in [1.29, 1.82) is 0 Å². The second-order valence-corrected chi connectivity index (χ2v) is 5.92. The van der Waals surface area contributed by atoms with Crippen LogP contribution < -0.4 is 11.3 Å². The number of benzene rings is 1. The van der Waals surface area contributed by atoms with Crippen molar-refractivity contribution in [2.45, 2.75) is 19.8 Å². The van der Waals surface area contributed by atoms with E-state index in [4.69, 9.17) is 5.84 Å². The summed E-state index contributed by atoms with van der Waals surface area (Å²) in [5.74, 6) is 4.70. The number of nitrogens with one attached hydrogen (secondary N) is 1. The molecule has 6 heteroatoms. The monoisotopic (exact) mass is 339 g/mol. The van der Waals surface area contributed by atoms with Crippen LogP contribution in [-0.4, -0.2) is 29.8 Å². The zero-order chi connectivity index (χ0) is 14.7. The van der Waals surface area contributed by atoms with Crippen LogP contribution in [0.3, 0.4) is 0 Å². The Kier molecular flexibility index (Phi) is 4.77. The van der Waals surface area contributed by atoms with Crippen molar-refractivity contribution in [3.05, 3.63) is 33.8 Å². The van der Waals surface area contributed by atoms with Gasteiger partial charge in [0.05, 0.1) is 5.92 Å². The molecule has 1 aromatic carbocycles.